The van der Waals surface area contributed by atoms with Gasteiger partial charge in [0.1, 0.15) is 0 Å². The highest BCUT2D eigenvalue weighted by molar-refractivity contribution is 5.42. The molecule has 0 fully saturated rings. The second kappa shape index (κ2) is 5.08. The average Bonchev–Trinajstić information content (AvgIpc) is 2.17. The quantitative estimate of drug-likeness (QED) is 0.865. The Labute approximate surface area is 108 Å². The third-order valence-corrected chi connectivity index (χ3v) is 2.40. The van der Waals surface area contributed by atoms with Gasteiger partial charge in [0.05, 0.1) is 6.20 Å². The van der Waals surface area contributed by atoms with Crippen LogP contribution in [0, 0.1) is 11.2 Å². The summed E-state index contributed by atoms with van der Waals surface area (Å²) in [5.74, 6) is 0.213. The molecule has 1 aromatic heterocycles. The van der Waals surface area contributed by atoms with E-state index in [0.29, 0.717) is 5.95 Å². The molecular formula is C13H23FN4. The Morgan fingerprint density at radius 2 is 1.83 bits per heavy atom. The van der Waals surface area contributed by atoms with Gasteiger partial charge in [0.2, 0.25) is 5.95 Å². The maximum atomic E-state index is 13.7. The first-order chi connectivity index (χ1) is 8.13. The van der Waals surface area contributed by atoms with Gasteiger partial charge in [0.25, 0.3) is 0 Å². The van der Waals surface area contributed by atoms with Gasteiger partial charge in [-0.2, -0.15) is 4.98 Å². The number of nitrogens with zero attached hydrogens (tertiary/aromatic N) is 2. The van der Waals surface area contributed by atoms with E-state index >= 15 is 0 Å². The molecule has 0 radical (unpaired) electrons. The standard InChI is InChI=1S/C13H23FN4/c1-12(2,3)8-13(4,5)18-10-9(14)7-16-11(15-6)17-10/h7H,8H2,1-6H3,(H2,15,16,17,18). The van der Waals surface area contributed by atoms with Crippen LogP contribution in [0.25, 0.3) is 0 Å². The molecule has 1 heterocycles. The van der Waals surface area contributed by atoms with Crippen molar-refractivity contribution in [2.45, 2.75) is 46.6 Å². The molecular weight excluding hydrogens is 231 g/mol. The fourth-order valence-electron chi connectivity index (χ4n) is 2.27. The van der Waals surface area contributed by atoms with Gasteiger partial charge in [0, 0.05) is 12.6 Å². The second-order valence-electron chi connectivity index (χ2n) is 6.39. The third kappa shape index (κ3) is 4.47. The Morgan fingerprint density at radius 3 is 2.33 bits per heavy atom. The van der Waals surface area contributed by atoms with E-state index in [9.17, 15) is 4.39 Å². The van der Waals surface area contributed by atoms with Gasteiger partial charge in [-0.15, -0.1) is 0 Å². The Balaban J connectivity index is 2.89. The van der Waals surface area contributed by atoms with Crippen molar-refractivity contribution in [1.29, 1.82) is 0 Å². The molecule has 0 atom stereocenters. The second-order valence-corrected chi connectivity index (χ2v) is 6.39. The summed E-state index contributed by atoms with van der Waals surface area (Å²) in [6.07, 6.45) is 2.08. The molecule has 18 heavy (non-hydrogen) atoms. The van der Waals surface area contributed by atoms with E-state index < -0.39 is 5.82 Å². The van der Waals surface area contributed by atoms with Crippen molar-refractivity contribution >= 4 is 11.8 Å². The molecule has 5 heteroatoms. The molecule has 1 aromatic rings. The smallest absolute Gasteiger partial charge is 0.224 e. The van der Waals surface area contributed by atoms with Crippen molar-refractivity contribution < 1.29 is 4.39 Å². The van der Waals surface area contributed by atoms with Crippen molar-refractivity contribution in [3.63, 3.8) is 0 Å². The van der Waals surface area contributed by atoms with Gasteiger partial charge >= 0.3 is 0 Å². The highest BCUT2D eigenvalue weighted by Gasteiger charge is 2.26. The Hall–Kier alpha value is -1.39. The first-order valence-electron chi connectivity index (χ1n) is 6.11. The van der Waals surface area contributed by atoms with Crippen LogP contribution in [0.5, 0.6) is 0 Å². The van der Waals surface area contributed by atoms with E-state index in [1.807, 2.05) is 13.8 Å². The van der Waals surface area contributed by atoms with Crippen molar-refractivity contribution in [2.24, 2.45) is 5.41 Å². The van der Waals surface area contributed by atoms with E-state index in [0.717, 1.165) is 6.42 Å². The van der Waals surface area contributed by atoms with Gasteiger partial charge in [-0.25, -0.2) is 9.37 Å². The minimum atomic E-state index is -0.434. The molecule has 0 aliphatic rings. The van der Waals surface area contributed by atoms with Crippen LogP contribution in [0.3, 0.4) is 0 Å². The fraction of sp³-hybridized carbons (Fsp3) is 0.692. The van der Waals surface area contributed by atoms with E-state index in [2.05, 4.69) is 41.4 Å². The molecule has 0 aromatic carbocycles. The lowest BCUT2D eigenvalue weighted by molar-refractivity contribution is 0.301. The number of anilines is 2. The van der Waals surface area contributed by atoms with E-state index in [1.165, 1.54) is 6.20 Å². The van der Waals surface area contributed by atoms with Crippen LogP contribution in [0.1, 0.15) is 41.0 Å². The number of aromatic nitrogens is 2. The normalized spacial score (nSPS) is 12.4. The van der Waals surface area contributed by atoms with Crippen molar-refractivity contribution in [3.8, 4) is 0 Å². The van der Waals surface area contributed by atoms with Gasteiger partial charge < -0.3 is 10.6 Å². The number of halogens is 1. The van der Waals surface area contributed by atoms with Crippen molar-refractivity contribution in [2.75, 3.05) is 17.7 Å². The summed E-state index contributed by atoms with van der Waals surface area (Å²) in [5.41, 5.74) is -0.0791. The maximum Gasteiger partial charge on any atom is 0.224 e. The zero-order valence-corrected chi connectivity index (χ0v) is 12.1. The summed E-state index contributed by atoms with van der Waals surface area (Å²) in [6, 6.07) is 0. The van der Waals surface area contributed by atoms with Crippen LogP contribution in [0.2, 0.25) is 0 Å². The molecule has 0 bridgehead atoms. The lowest BCUT2D eigenvalue weighted by Gasteiger charge is -2.33. The minimum Gasteiger partial charge on any atom is -0.363 e. The van der Waals surface area contributed by atoms with E-state index in [1.54, 1.807) is 7.05 Å². The maximum absolute atomic E-state index is 13.7. The third-order valence-electron chi connectivity index (χ3n) is 2.40. The molecule has 102 valence electrons. The monoisotopic (exact) mass is 254 g/mol. The average molecular weight is 254 g/mol. The van der Waals surface area contributed by atoms with Gasteiger partial charge in [-0.1, -0.05) is 20.8 Å². The topological polar surface area (TPSA) is 49.8 Å². The number of nitrogens with one attached hydrogen (secondary N) is 2. The molecule has 2 N–H and O–H groups in total. The van der Waals surface area contributed by atoms with Crippen LogP contribution >= 0.6 is 0 Å². The van der Waals surface area contributed by atoms with Gasteiger partial charge in [0.15, 0.2) is 11.6 Å². The first kappa shape index (κ1) is 14.7. The van der Waals surface area contributed by atoms with Gasteiger partial charge in [-0.3, -0.25) is 0 Å². The highest BCUT2D eigenvalue weighted by Crippen LogP contribution is 2.29. The van der Waals surface area contributed by atoms with E-state index in [4.69, 9.17) is 0 Å². The number of hydrogen-bond donors (Lipinski definition) is 2. The summed E-state index contributed by atoms with van der Waals surface area (Å²) in [6.45, 7) is 10.6. The summed E-state index contributed by atoms with van der Waals surface area (Å²) in [7, 11) is 1.71. The minimum absolute atomic E-state index is 0.159. The predicted molar refractivity (Wildman–Crippen MR) is 73.3 cm³/mol. The molecule has 4 nitrogen and oxygen atoms in total. The van der Waals surface area contributed by atoms with Crippen molar-refractivity contribution in [1.82, 2.24) is 9.97 Å². The van der Waals surface area contributed by atoms with Crippen LogP contribution in [-0.4, -0.2) is 22.6 Å². The molecule has 1 rings (SSSR count). The van der Waals surface area contributed by atoms with Gasteiger partial charge in [-0.05, 0) is 25.7 Å². The molecule has 0 saturated heterocycles. The number of rotatable bonds is 4. The Morgan fingerprint density at radius 1 is 1.22 bits per heavy atom. The molecule has 0 unspecified atom stereocenters. The zero-order chi connectivity index (χ0) is 14.0. The Bertz CT molecular complexity index is 410. The molecule has 0 aliphatic heterocycles. The highest BCUT2D eigenvalue weighted by atomic mass is 19.1. The Kier molecular flexibility index (Phi) is 4.14. The lowest BCUT2D eigenvalue weighted by atomic mass is 9.82. The lowest BCUT2D eigenvalue weighted by Crippen LogP contribution is -2.36. The van der Waals surface area contributed by atoms with E-state index in [-0.39, 0.29) is 16.8 Å². The fourth-order valence-corrected chi connectivity index (χ4v) is 2.27. The van der Waals surface area contributed by atoms with Crippen molar-refractivity contribution in [3.05, 3.63) is 12.0 Å². The largest absolute Gasteiger partial charge is 0.363 e. The van der Waals surface area contributed by atoms with Crippen LogP contribution in [0.4, 0.5) is 16.2 Å². The molecule has 0 aliphatic carbocycles. The summed E-state index contributed by atoms with van der Waals surface area (Å²) in [5, 5.41) is 5.95. The zero-order valence-electron chi connectivity index (χ0n) is 12.1. The van der Waals surface area contributed by atoms with Crippen LogP contribution in [0.15, 0.2) is 6.20 Å². The molecule has 0 spiro atoms. The summed E-state index contributed by atoms with van der Waals surface area (Å²) in [4.78, 5) is 7.92. The predicted octanol–water partition coefficient (Wildman–Crippen LogP) is 3.28. The molecule has 0 saturated carbocycles. The first-order valence-corrected chi connectivity index (χ1v) is 6.11. The SMILES string of the molecule is CNc1ncc(F)c(NC(C)(C)CC(C)(C)C)n1. The molecule has 0 amide bonds. The summed E-state index contributed by atoms with van der Waals surface area (Å²) >= 11 is 0. The van der Waals surface area contributed by atoms with Crippen LogP contribution < -0.4 is 10.6 Å². The summed E-state index contributed by atoms with van der Waals surface area (Å²) < 4.78 is 13.7. The number of hydrogen-bond acceptors (Lipinski definition) is 4. The van der Waals surface area contributed by atoms with Crippen LogP contribution in [-0.2, 0) is 0 Å².